The van der Waals surface area contributed by atoms with Crippen LogP contribution < -0.4 is 5.73 Å². The molecule has 0 radical (unpaired) electrons. The van der Waals surface area contributed by atoms with E-state index in [9.17, 15) is 4.79 Å². The monoisotopic (exact) mass is 225 g/mol. The average Bonchev–Trinajstić information content (AvgIpc) is 2.27. The number of esters is 1. The van der Waals surface area contributed by atoms with Crippen LogP contribution in [0.1, 0.15) is 11.6 Å². The molecule has 0 bridgehead atoms. The van der Waals surface area contributed by atoms with Gasteiger partial charge in [0.05, 0.1) is 18.7 Å². The number of methoxy groups -OCH3 is 1. The molecule has 15 heavy (non-hydrogen) atoms. The summed E-state index contributed by atoms with van der Waals surface area (Å²) in [5.41, 5.74) is 6.82. The summed E-state index contributed by atoms with van der Waals surface area (Å²) in [5.74, 6) is -0.502. The minimum Gasteiger partial charge on any atom is -0.466 e. The minimum absolute atomic E-state index is 0.222. The summed E-state index contributed by atoms with van der Waals surface area (Å²) in [6, 6.07) is 6.36. The second-order valence-electron chi connectivity index (χ2n) is 3.05. The molecule has 1 aromatic carbocycles. The normalized spacial score (nSPS) is 11.9. The van der Waals surface area contributed by atoms with Crippen LogP contribution in [-0.2, 0) is 9.53 Å². The zero-order chi connectivity index (χ0) is 11.4. The van der Waals surface area contributed by atoms with E-state index in [0.29, 0.717) is 5.02 Å². The summed E-state index contributed by atoms with van der Waals surface area (Å²) >= 11 is 5.73. The van der Waals surface area contributed by atoms with E-state index >= 15 is 0 Å². The lowest BCUT2D eigenvalue weighted by atomic mass is 10.0. The number of nitrogens with two attached hydrogens (primary N) is 1. The molecule has 2 N–H and O–H groups in total. The van der Waals surface area contributed by atoms with Crippen LogP contribution in [-0.4, -0.2) is 13.1 Å². The lowest BCUT2D eigenvalue weighted by Crippen LogP contribution is -2.19. The molecule has 4 heteroatoms. The van der Waals surface area contributed by atoms with Gasteiger partial charge in [0.15, 0.2) is 0 Å². The van der Waals surface area contributed by atoms with Crippen LogP contribution in [0, 0.1) is 0 Å². The minimum atomic E-state index is -0.560. The molecule has 80 valence electrons. The topological polar surface area (TPSA) is 52.3 Å². The first-order valence-electron chi connectivity index (χ1n) is 4.34. The van der Waals surface area contributed by atoms with Crippen molar-refractivity contribution < 1.29 is 9.53 Å². The molecule has 0 saturated carbocycles. The molecule has 3 nitrogen and oxygen atoms in total. The number of ether oxygens (including phenoxy) is 1. The molecule has 0 amide bonds. The van der Waals surface area contributed by atoms with Gasteiger partial charge in [0.1, 0.15) is 0 Å². The Balaban J connectivity index is 2.85. The van der Waals surface area contributed by atoms with Gasteiger partial charge in [-0.25, -0.2) is 4.79 Å². The highest BCUT2D eigenvalue weighted by molar-refractivity contribution is 6.30. The van der Waals surface area contributed by atoms with Crippen molar-refractivity contribution in [1.29, 1.82) is 0 Å². The summed E-state index contributed by atoms with van der Waals surface area (Å²) < 4.78 is 4.53. The molecular weight excluding hydrogens is 214 g/mol. The summed E-state index contributed by atoms with van der Waals surface area (Å²) in [4.78, 5) is 11.2. The Morgan fingerprint density at radius 2 is 2.00 bits per heavy atom. The van der Waals surface area contributed by atoms with Crippen molar-refractivity contribution in [2.45, 2.75) is 6.04 Å². The van der Waals surface area contributed by atoms with Gasteiger partial charge in [0.25, 0.3) is 0 Å². The number of rotatable bonds is 3. The fourth-order valence-corrected chi connectivity index (χ4v) is 1.26. The van der Waals surface area contributed by atoms with Crippen molar-refractivity contribution in [2.24, 2.45) is 5.73 Å². The third-order valence-corrected chi connectivity index (χ3v) is 2.30. The molecule has 0 saturated heterocycles. The maximum absolute atomic E-state index is 11.2. The Morgan fingerprint density at radius 1 is 1.47 bits per heavy atom. The molecular formula is C11H12ClNO2. The van der Waals surface area contributed by atoms with Crippen LogP contribution in [0.5, 0.6) is 0 Å². The molecule has 0 aliphatic rings. The fourth-order valence-electron chi connectivity index (χ4n) is 1.13. The van der Waals surface area contributed by atoms with E-state index in [-0.39, 0.29) is 5.57 Å². The Bertz CT molecular complexity index is 373. The predicted molar refractivity (Wildman–Crippen MR) is 59.5 cm³/mol. The molecule has 0 aliphatic heterocycles. The number of carbonyl (C=O) groups is 1. The average molecular weight is 226 g/mol. The fraction of sp³-hybridized carbons (Fsp3) is 0.182. The van der Waals surface area contributed by atoms with E-state index in [1.54, 1.807) is 24.3 Å². The molecule has 1 rings (SSSR count). The van der Waals surface area contributed by atoms with Gasteiger partial charge < -0.3 is 10.5 Å². The molecule has 1 aromatic rings. The second-order valence-corrected chi connectivity index (χ2v) is 3.48. The maximum atomic E-state index is 11.2. The second kappa shape index (κ2) is 4.96. The predicted octanol–water partition coefficient (Wildman–Crippen LogP) is 2.07. The van der Waals surface area contributed by atoms with Crippen LogP contribution in [0.15, 0.2) is 36.4 Å². The number of hydrogen-bond donors (Lipinski definition) is 1. The van der Waals surface area contributed by atoms with Crippen LogP contribution in [0.2, 0.25) is 5.02 Å². The third-order valence-electron chi connectivity index (χ3n) is 2.05. The SMILES string of the molecule is C=C(C(=O)OC)[C@H](N)c1ccc(Cl)cc1. The zero-order valence-corrected chi connectivity index (χ0v) is 9.12. The Morgan fingerprint density at radius 3 is 2.47 bits per heavy atom. The van der Waals surface area contributed by atoms with Gasteiger partial charge in [0.2, 0.25) is 0 Å². The van der Waals surface area contributed by atoms with Gasteiger partial charge in [-0.05, 0) is 17.7 Å². The summed E-state index contributed by atoms with van der Waals surface area (Å²) in [5, 5.41) is 0.620. The highest BCUT2D eigenvalue weighted by Crippen LogP contribution is 2.20. The van der Waals surface area contributed by atoms with Crippen LogP contribution in [0.3, 0.4) is 0 Å². The first-order chi connectivity index (χ1) is 7.06. The lowest BCUT2D eigenvalue weighted by molar-refractivity contribution is -0.136. The van der Waals surface area contributed by atoms with Crippen molar-refractivity contribution >= 4 is 17.6 Å². The van der Waals surface area contributed by atoms with Crippen molar-refractivity contribution in [3.05, 3.63) is 47.0 Å². The van der Waals surface area contributed by atoms with Crippen molar-refractivity contribution in [2.75, 3.05) is 7.11 Å². The third kappa shape index (κ3) is 2.81. The molecule has 1 atom stereocenters. The van der Waals surface area contributed by atoms with E-state index in [0.717, 1.165) is 5.56 Å². The van der Waals surface area contributed by atoms with Crippen LogP contribution >= 0.6 is 11.6 Å². The van der Waals surface area contributed by atoms with Gasteiger partial charge in [0, 0.05) is 5.02 Å². The first kappa shape index (κ1) is 11.8. The summed E-state index contributed by atoms with van der Waals surface area (Å²) in [6.07, 6.45) is 0. The highest BCUT2D eigenvalue weighted by atomic mass is 35.5. The van der Waals surface area contributed by atoms with Crippen LogP contribution in [0.25, 0.3) is 0 Å². The molecule has 0 unspecified atom stereocenters. The molecule has 0 aliphatic carbocycles. The zero-order valence-electron chi connectivity index (χ0n) is 8.37. The van der Waals surface area contributed by atoms with Crippen LogP contribution in [0.4, 0.5) is 0 Å². The summed E-state index contributed by atoms with van der Waals surface area (Å²) in [7, 11) is 1.29. The van der Waals surface area contributed by atoms with E-state index in [1.165, 1.54) is 7.11 Å². The maximum Gasteiger partial charge on any atom is 0.335 e. The lowest BCUT2D eigenvalue weighted by Gasteiger charge is -2.13. The van der Waals surface area contributed by atoms with E-state index in [2.05, 4.69) is 11.3 Å². The Hall–Kier alpha value is -1.32. The van der Waals surface area contributed by atoms with Crippen molar-refractivity contribution in [3.8, 4) is 0 Å². The molecule has 0 aromatic heterocycles. The molecule has 0 fully saturated rings. The number of hydrogen-bond acceptors (Lipinski definition) is 3. The van der Waals surface area contributed by atoms with E-state index in [1.807, 2.05) is 0 Å². The van der Waals surface area contributed by atoms with Gasteiger partial charge in [-0.15, -0.1) is 0 Å². The highest BCUT2D eigenvalue weighted by Gasteiger charge is 2.16. The van der Waals surface area contributed by atoms with E-state index < -0.39 is 12.0 Å². The van der Waals surface area contributed by atoms with Gasteiger partial charge in [-0.2, -0.15) is 0 Å². The Labute approximate surface area is 93.5 Å². The standard InChI is InChI=1S/C11H12ClNO2/c1-7(11(14)15-2)10(13)8-3-5-9(12)6-4-8/h3-6,10H,1,13H2,2H3/t10-/m0/s1. The molecule has 0 spiro atoms. The van der Waals surface area contributed by atoms with Gasteiger partial charge in [-0.3, -0.25) is 0 Å². The number of benzene rings is 1. The number of halogens is 1. The molecule has 0 heterocycles. The van der Waals surface area contributed by atoms with Gasteiger partial charge in [-0.1, -0.05) is 30.3 Å². The largest absolute Gasteiger partial charge is 0.466 e. The number of carbonyl (C=O) groups excluding carboxylic acids is 1. The smallest absolute Gasteiger partial charge is 0.335 e. The first-order valence-corrected chi connectivity index (χ1v) is 4.72. The summed E-state index contributed by atoms with van der Waals surface area (Å²) in [6.45, 7) is 3.59. The quantitative estimate of drug-likeness (QED) is 0.633. The van der Waals surface area contributed by atoms with Gasteiger partial charge >= 0.3 is 5.97 Å². The van der Waals surface area contributed by atoms with E-state index in [4.69, 9.17) is 17.3 Å². The van der Waals surface area contributed by atoms with Crippen molar-refractivity contribution in [1.82, 2.24) is 0 Å². The van der Waals surface area contributed by atoms with Crippen molar-refractivity contribution in [3.63, 3.8) is 0 Å². The Kier molecular flexibility index (Phi) is 3.88.